The fourth-order valence-electron chi connectivity index (χ4n) is 4.96. The molecule has 3 aromatic heterocycles. The molecule has 0 saturated heterocycles. The van der Waals surface area contributed by atoms with E-state index in [0.717, 1.165) is 6.07 Å². The fourth-order valence-corrected chi connectivity index (χ4v) is 4.96. The van der Waals surface area contributed by atoms with Crippen LogP contribution in [0.25, 0.3) is 52.1 Å². The van der Waals surface area contributed by atoms with Crippen LogP contribution in [0.4, 0.5) is 0 Å². The van der Waals surface area contributed by atoms with E-state index in [1.165, 1.54) is 4.57 Å². The summed E-state index contributed by atoms with van der Waals surface area (Å²) in [6.45, 7) is 0. The Balaban J connectivity index is 1.80. The number of aromatic nitrogens is 4. The first-order valence-corrected chi connectivity index (χ1v) is 12.3. The fraction of sp³-hybridized carbons (Fsp3) is 0. The molecule has 12 heteroatoms. The van der Waals surface area contributed by atoms with Crippen molar-refractivity contribution in [2.24, 2.45) is 0 Å². The van der Waals surface area contributed by atoms with E-state index in [4.69, 9.17) is 0 Å². The van der Waals surface area contributed by atoms with E-state index in [-0.39, 0.29) is 5.69 Å². The number of hydrogen-bond acceptors (Lipinski definition) is 6. The number of carboxylic acids is 4. The normalized spacial score (nSPS) is 11.9. The van der Waals surface area contributed by atoms with Crippen LogP contribution in [-0.4, -0.2) is 63.8 Å². The number of benzene rings is 1. The van der Waals surface area contributed by atoms with Gasteiger partial charge in [0.15, 0.2) is 0 Å². The van der Waals surface area contributed by atoms with Gasteiger partial charge in [-0.3, -0.25) is 0 Å². The molecule has 2 aliphatic rings. The minimum atomic E-state index is -1.90. The number of carboxylic acid groups (broad SMARTS) is 4. The molecule has 206 valence electrons. The first kappa shape index (κ1) is 26.0. The van der Waals surface area contributed by atoms with Crippen LogP contribution in [0.5, 0.6) is 0 Å². The van der Waals surface area contributed by atoms with Gasteiger partial charge in [0.2, 0.25) is 0 Å². The lowest BCUT2D eigenvalue weighted by Crippen LogP contribution is -2.22. The zero-order chi connectivity index (χ0) is 29.7. The van der Waals surface area contributed by atoms with Crippen LogP contribution < -0.4 is 0 Å². The van der Waals surface area contributed by atoms with Gasteiger partial charge in [0.25, 0.3) is 0 Å². The SMILES string of the molecule is O=C(O)c1cc(-n2c3ccc4nc(c5nc(ccc6ccc([nH]6)c2cc3)C=C5)C=C4)c(C(=O)O)c(C(=O)O)c1C(=O)O. The molecule has 0 atom stereocenters. The van der Waals surface area contributed by atoms with Gasteiger partial charge in [0.05, 0.1) is 61.8 Å². The molecule has 2 aliphatic heterocycles. The highest BCUT2D eigenvalue weighted by Crippen LogP contribution is 2.32. The van der Waals surface area contributed by atoms with Gasteiger partial charge in [-0.05, 0) is 78.9 Å². The Labute approximate surface area is 234 Å². The lowest BCUT2D eigenvalue weighted by Gasteiger charge is -2.17. The molecule has 8 bridgehead atoms. The highest BCUT2D eigenvalue weighted by Gasteiger charge is 2.33. The average Bonchev–Trinajstić information content (AvgIpc) is 3.74. The number of nitrogens with one attached hydrogen (secondary N) is 1. The van der Waals surface area contributed by atoms with E-state index in [9.17, 15) is 39.6 Å². The largest absolute Gasteiger partial charge is 0.478 e. The van der Waals surface area contributed by atoms with Crippen molar-refractivity contribution in [3.63, 3.8) is 0 Å². The van der Waals surface area contributed by atoms with Gasteiger partial charge in [0.1, 0.15) is 0 Å². The zero-order valence-corrected chi connectivity index (χ0v) is 21.3. The molecule has 0 saturated carbocycles. The molecule has 5 heterocycles. The second-order valence-corrected chi connectivity index (χ2v) is 9.27. The second kappa shape index (κ2) is 9.71. The van der Waals surface area contributed by atoms with Gasteiger partial charge in [0, 0.05) is 11.0 Å². The van der Waals surface area contributed by atoms with E-state index >= 15 is 0 Å². The molecule has 0 spiro atoms. The van der Waals surface area contributed by atoms with Crippen LogP contribution in [0.2, 0.25) is 0 Å². The maximum Gasteiger partial charge on any atom is 0.338 e. The van der Waals surface area contributed by atoms with E-state index in [2.05, 4.69) is 15.0 Å². The van der Waals surface area contributed by atoms with Crippen LogP contribution in [0.1, 0.15) is 64.2 Å². The van der Waals surface area contributed by atoms with Crippen LogP contribution in [0.3, 0.4) is 0 Å². The summed E-state index contributed by atoms with van der Waals surface area (Å²) in [5.74, 6) is -7.29. The van der Waals surface area contributed by atoms with Crippen molar-refractivity contribution in [1.82, 2.24) is 19.5 Å². The smallest absolute Gasteiger partial charge is 0.338 e. The van der Waals surface area contributed by atoms with Crippen LogP contribution in [0.15, 0.2) is 54.6 Å². The Kier molecular flexibility index (Phi) is 6.00. The van der Waals surface area contributed by atoms with Gasteiger partial charge >= 0.3 is 23.9 Å². The Hall–Kier alpha value is -6.30. The summed E-state index contributed by atoms with van der Waals surface area (Å²) in [5.41, 5.74) is -0.0179. The summed E-state index contributed by atoms with van der Waals surface area (Å²) < 4.78 is 1.36. The van der Waals surface area contributed by atoms with E-state index in [1.807, 2.05) is 12.2 Å². The van der Waals surface area contributed by atoms with Gasteiger partial charge in [-0.2, -0.15) is 0 Å². The highest BCUT2D eigenvalue weighted by molar-refractivity contribution is 6.15. The Morgan fingerprint density at radius 1 is 0.619 bits per heavy atom. The molecule has 1 aromatic carbocycles. The number of carbonyl (C=O) groups is 4. The van der Waals surface area contributed by atoms with Crippen molar-refractivity contribution < 1.29 is 39.6 Å². The number of fused-ring (bicyclic) bond motifs is 10. The lowest BCUT2D eigenvalue weighted by atomic mass is 9.93. The predicted molar refractivity (Wildman–Crippen MR) is 152 cm³/mol. The van der Waals surface area contributed by atoms with Gasteiger partial charge in [-0.25, -0.2) is 29.1 Å². The molecule has 5 N–H and O–H groups in total. The third-order valence-corrected chi connectivity index (χ3v) is 6.76. The van der Waals surface area contributed by atoms with Crippen LogP contribution in [0, 0.1) is 0 Å². The summed E-state index contributed by atoms with van der Waals surface area (Å²) in [5, 5.41) is 39.7. The van der Waals surface area contributed by atoms with Crippen molar-refractivity contribution in [2.75, 3.05) is 0 Å². The topological polar surface area (TPSA) is 196 Å². The van der Waals surface area contributed by atoms with Gasteiger partial charge in [-0.15, -0.1) is 0 Å². The number of hydrogen-bond donors (Lipinski definition) is 5. The van der Waals surface area contributed by atoms with Gasteiger partial charge in [-0.1, -0.05) is 0 Å². The molecule has 0 aliphatic carbocycles. The predicted octanol–water partition coefficient (Wildman–Crippen LogP) is 4.91. The summed E-state index contributed by atoms with van der Waals surface area (Å²) in [7, 11) is 0. The molecule has 42 heavy (non-hydrogen) atoms. The monoisotopic (exact) mass is 562 g/mol. The Bertz CT molecular complexity index is 2120. The third kappa shape index (κ3) is 4.29. The first-order chi connectivity index (χ1) is 20.1. The maximum atomic E-state index is 12.6. The quantitative estimate of drug-likeness (QED) is 0.192. The Morgan fingerprint density at radius 2 is 1.19 bits per heavy atom. The second-order valence-electron chi connectivity index (χ2n) is 9.27. The molecular formula is C30H18N4O8. The van der Waals surface area contributed by atoms with E-state index in [0.29, 0.717) is 44.8 Å². The third-order valence-electron chi connectivity index (χ3n) is 6.76. The van der Waals surface area contributed by atoms with Crippen molar-refractivity contribution in [3.8, 4) is 5.69 Å². The van der Waals surface area contributed by atoms with Gasteiger partial charge < -0.3 is 30.0 Å². The number of aromatic amines is 1. The van der Waals surface area contributed by atoms with Crippen molar-refractivity contribution >= 4 is 70.2 Å². The molecule has 0 radical (unpaired) electrons. The van der Waals surface area contributed by atoms with Crippen molar-refractivity contribution in [3.05, 3.63) is 99.6 Å². The minimum absolute atomic E-state index is 0.334. The van der Waals surface area contributed by atoms with E-state index in [1.54, 1.807) is 60.7 Å². The lowest BCUT2D eigenvalue weighted by molar-refractivity contribution is 0.0619. The molecule has 0 amide bonds. The molecule has 0 unspecified atom stereocenters. The molecule has 0 fully saturated rings. The summed E-state index contributed by atoms with van der Waals surface area (Å²) in [4.78, 5) is 61.4. The number of nitrogens with zero attached hydrogens (tertiary/aromatic N) is 3. The molecule has 12 nitrogen and oxygen atoms in total. The van der Waals surface area contributed by atoms with Crippen LogP contribution in [-0.2, 0) is 0 Å². The molecular weight excluding hydrogens is 544 g/mol. The molecule has 4 aromatic rings. The first-order valence-electron chi connectivity index (χ1n) is 12.3. The number of rotatable bonds is 5. The van der Waals surface area contributed by atoms with Crippen LogP contribution >= 0.6 is 0 Å². The number of H-pyrrole nitrogens is 1. The minimum Gasteiger partial charge on any atom is -0.478 e. The number of aromatic carboxylic acids is 4. The van der Waals surface area contributed by atoms with Crippen molar-refractivity contribution in [2.45, 2.75) is 0 Å². The maximum absolute atomic E-state index is 12.6. The van der Waals surface area contributed by atoms with Crippen molar-refractivity contribution in [1.29, 1.82) is 0 Å². The Morgan fingerprint density at radius 3 is 1.79 bits per heavy atom. The summed E-state index contributed by atoms with van der Waals surface area (Å²) >= 11 is 0. The molecule has 6 rings (SSSR count). The van der Waals surface area contributed by atoms with E-state index < -0.39 is 46.1 Å². The summed E-state index contributed by atoms with van der Waals surface area (Å²) in [6, 6.07) is 14.5. The standard InChI is InChI=1S/C30H18N4O8/c35-27(36)18-13-23(25(29(39)40)26(30(41)42)24(18)28(37)38)34-17-7-3-16-5-10-20(32-16)19-9-4-14(31-19)1-2-15-6-11-21(33-15)22(34)12-8-17/h1-13,33H,(H,35,36)(H,37,38)(H,39,40)(H,41,42). The average molecular weight is 562 g/mol. The summed E-state index contributed by atoms with van der Waals surface area (Å²) in [6.07, 6.45) is 7.25. The highest BCUT2D eigenvalue weighted by atomic mass is 16.4. The zero-order valence-electron chi connectivity index (χ0n) is 21.3.